The predicted octanol–water partition coefficient (Wildman–Crippen LogP) is 2.95. The van der Waals surface area contributed by atoms with E-state index in [9.17, 15) is 18.0 Å². The molecule has 20 heavy (non-hydrogen) atoms. The van der Waals surface area contributed by atoms with Crippen molar-refractivity contribution in [2.45, 2.75) is 31.2 Å². The van der Waals surface area contributed by atoms with Crippen LogP contribution in [0.15, 0.2) is 22.1 Å². The number of halogens is 3. The molecule has 2 rings (SSSR count). The third-order valence-corrected chi connectivity index (χ3v) is 3.40. The molecular formula is C12H11F3N2O2S. The molecule has 1 heterocycles. The van der Waals surface area contributed by atoms with Gasteiger partial charge in [0.15, 0.2) is 0 Å². The standard InChI is InChI=1S/C12H11F3N2O2S/c1-19-9-3-8(4-9)17-5-7(16-6-20)2-10(11(17)18)12(13,14)15/h2,5,8-9H,3-4H2,1H3. The van der Waals surface area contributed by atoms with Crippen molar-refractivity contribution in [1.29, 1.82) is 0 Å². The number of alkyl halides is 3. The average Bonchev–Trinajstić information content (AvgIpc) is 2.30. The van der Waals surface area contributed by atoms with Crippen LogP contribution in [0.4, 0.5) is 18.9 Å². The average molecular weight is 304 g/mol. The van der Waals surface area contributed by atoms with E-state index in [0.717, 1.165) is 4.57 Å². The summed E-state index contributed by atoms with van der Waals surface area (Å²) >= 11 is 4.39. The molecule has 1 fully saturated rings. The van der Waals surface area contributed by atoms with Gasteiger partial charge >= 0.3 is 6.18 Å². The lowest BCUT2D eigenvalue weighted by molar-refractivity contribution is -0.139. The number of methoxy groups -OCH3 is 1. The minimum Gasteiger partial charge on any atom is -0.381 e. The van der Waals surface area contributed by atoms with E-state index in [4.69, 9.17) is 4.74 Å². The molecule has 0 bridgehead atoms. The lowest BCUT2D eigenvalue weighted by Gasteiger charge is -2.35. The Morgan fingerprint density at radius 3 is 2.65 bits per heavy atom. The summed E-state index contributed by atoms with van der Waals surface area (Å²) in [6, 6.07) is 0.374. The van der Waals surface area contributed by atoms with Gasteiger partial charge in [-0.3, -0.25) is 4.79 Å². The summed E-state index contributed by atoms with van der Waals surface area (Å²) in [6.45, 7) is 0. The summed E-state index contributed by atoms with van der Waals surface area (Å²) in [7, 11) is 1.53. The van der Waals surface area contributed by atoms with Crippen molar-refractivity contribution >= 4 is 23.1 Å². The molecule has 108 valence electrons. The molecule has 0 aromatic carbocycles. The summed E-state index contributed by atoms with van der Waals surface area (Å²) in [5.41, 5.74) is -2.35. The van der Waals surface area contributed by atoms with Crippen LogP contribution in [-0.2, 0) is 10.9 Å². The molecule has 0 amide bonds. The zero-order valence-electron chi connectivity index (χ0n) is 10.5. The van der Waals surface area contributed by atoms with Gasteiger partial charge in [-0.1, -0.05) is 0 Å². The van der Waals surface area contributed by atoms with Gasteiger partial charge in [0.2, 0.25) is 0 Å². The normalized spacial score (nSPS) is 22.0. The van der Waals surface area contributed by atoms with Gasteiger partial charge in [-0.2, -0.15) is 18.2 Å². The number of aliphatic imine (C=N–C) groups is 1. The van der Waals surface area contributed by atoms with Crippen LogP contribution in [0.1, 0.15) is 24.4 Å². The van der Waals surface area contributed by atoms with Crippen molar-refractivity contribution in [1.82, 2.24) is 4.57 Å². The highest BCUT2D eigenvalue weighted by molar-refractivity contribution is 7.78. The second-order valence-electron chi connectivity index (χ2n) is 4.51. The number of pyridine rings is 1. The van der Waals surface area contributed by atoms with Crippen molar-refractivity contribution in [3.8, 4) is 0 Å². The van der Waals surface area contributed by atoms with Gasteiger partial charge in [-0.15, -0.1) is 0 Å². The molecule has 1 aliphatic rings. The Kier molecular flexibility index (Phi) is 4.08. The lowest BCUT2D eigenvalue weighted by Crippen LogP contribution is -2.39. The largest absolute Gasteiger partial charge is 0.421 e. The molecule has 0 unspecified atom stereocenters. The fourth-order valence-electron chi connectivity index (χ4n) is 2.13. The highest BCUT2D eigenvalue weighted by Gasteiger charge is 2.38. The van der Waals surface area contributed by atoms with E-state index in [1.165, 1.54) is 13.3 Å². The van der Waals surface area contributed by atoms with Crippen molar-refractivity contribution < 1.29 is 17.9 Å². The summed E-state index contributed by atoms with van der Waals surface area (Å²) < 4.78 is 44.7. The number of ether oxygens (including phenoxy) is 1. The molecule has 0 saturated heterocycles. The molecule has 1 aromatic rings. The van der Waals surface area contributed by atoms with Gasteiger partial charge in [-0.25, -0.2) is 0 Å². The predicted molar refractivity (Wildman–Crippen MR) is 69.5 cm³/mol. The lowest BCUT2D eigenvalue weighted by atomic mass is 9.89. The summed E-state index contributed by atoms with van der Waals surface area (Å²) in [5, 5.41) is 2.01. The number of nitrogens with zero attached hydrogens (tertiary/aromatic N) is 2. The van der Waals surface area contributed by atoms with Crippen LogP contribution in [0.25, 0.3) is 0 Å². The van der Waals surface area contributed by atoms with E-state index in [1.807, 2.05) is 5.16 Å². The van der Waals surface area contributed by atoms with Gasteiger partial charge in [0.05, 0.1) is 17.0 Å². The quantitative estimate of drug-likeness (QED) is 0.637. The van der Waals surface area contributed by atoms with E-state index in [1.54, 1.807) is 0 Å². The van der Waals surface area contributed by atoms with Crippen LogP contribution in [0.2, 0.25) is 0 Å². The van der Waals surface area contributed by atoms with Gasteiger partial charge in [0.25, 0.3) is 5.56 Å². The van der Waals surface area contributed by atoms with Crippen LogP contribution >= 0.6 is 12.2 Å². The van der Waals surface area contributed by atoms with Gasteiger partial charge in [0, 0.05) is 19.3 Å². The van der Waals surface area contributed by atoms with Crippen LogP contribution in [-0.4, -0.2) is 22.9 Å². The number of aromatic nitrogens is 1. The molecule has 0 spiro atoms. The highest BCUT2D eigenvalue weighted by atomic mass is 32.1. The molecule has 0 atom stereocenters. The van der Waals surface area contributed by atoms with E-state index >= 15 is 0 Å². The Hall–Kier alpha value is -1.50. The summed E-state index contributed by atoms with van der Waals surface area (Å²) in [6.07, 6.45) is -2.49. The van der Waals surface area contributed by atoms with E-state index < -0.39 is 17.3 Å². The van der Waals surface area contributed by atoms with E-state index in [-0.39, 0.29) is 17.8 Å². The first-order chi connectivity index (χ1) is 9.36. The minimum atomic E-state index is -4.73. The Balaban J connectivity index is 2.48. The molecule has 1 aromatic heterocycles. The number of hydrogen-bond acceptors (Lipinski definition) is 4. The zero-order chi connectivity index (χ0) is 14.9. The topological polar surface area (TPSA) is 43.6 Å². The molecule has 0 radical (unpaired) electrons. The Labute approximate surface area is 117 Å². The van der Waals surface area contributed by atoms with Gasteiger partial charge < -0.3 is 9.30 Å². The maximum Gasteiger partial charge on any atom is 0.421 e. The van der Waals surface area contributed by atoms with Crippen molar-refractivity contribution in [3.05, 3.63) is 28.2 Å². The molecule has 0 N–H and O–H groups in total. The van der Waals surface area contributed by atoms with Crippen LogP contribution in [0, 0.1) is 0 Å². The number of rotatable bonds is 3. The second kappa shape index (κ2) is 5.47. The van der Waals surface area contributed by atoms with Crippen LogP contribution < -0.4 is 5.56 Å². The second-order valence-corrected chi connectivity index (χ2v) is 4.69. The molecule has 4 nitrogen and oxygen atoms in total. The van der Waals surface area contributed by atoms with E-state index in [0.29, 0.717) is 18.9 Å². The van der Waals surface area contributed by atoms with E-state index in [2.05, 4.69) is 17.2 Å². The SMILES string of the molecule is COC1CC(n2cc(N=C=S)cc(C(F)(F)F)c2=O)C1. The summed E-state index contributed by atoms with van der Waals surface area (Å²) in [4.78, 5) is 15.5. The fraction of sp³-hybridized carbons (Fsp3) is 0.500. The number of hydrogen-bond donors (Lipinski definition) is 0. The Morgan fingerprint density at radius 1 is 1.50 bits per heavy atom. The first-order valence-corrected chi connectivity index (χ1v) is 6.21. The molecular weight excluding hydrogens is 293 g/mol. The Morgan fingerprint density at radius 2 is 2.15 bits per heavy atom. The third-order valence-electron chi connectivity index (χ3n) is 3.31. The monoisotopic (exact) mass is 304 g/mol. The Bertz CT molecular complexity index is 614. The fourth-order valence-corrected chi connectivity index (χ4v) is 2.24. The number of thiocarbonyl (C=S) groups is 1. The number of isothiocyanates is 1. The maximum atomic E-state index is 12.9. The minimum absolute atomic E-state index is 0.0288. The first kappa shape index (κ1) is 14.9. The summed E-state index contributed by atoms with van der Waals surface area (Å²) in [5.74, 6) is 0. The third kappa shape index (κ3) is 2.82. The smallest absolute Gasteiger partial charge is 0.381 e. The van der Waals surface area contributed by atoms with Crippen molar-refractivity contribution in [2.75, 3.05) is 7.11 Å². The molecule has 1 aliphatic carbocycles. The molecule has 8 heteroatoms. The van der Waals surface area contributed by atoms with Crippen molar-refractivity contribution in [3.63, 3.8) is 0 Å². The van der Waals surface area contributed by atoms with Gasteiger partial charge in [0.1, 0.15) is 5.56 Å². The zero-order valence-corrected chi connectivity index (χ0v) is 11.3. The maximum absolute atomic E-state index is 12.9. The first-order valence-electron chi connectivity index (χ1n) is 5.81. The van der Waals surface area contributed by atoms with Crippen LogP contribution in [0.3, 0.4) is 0 Å². The van der Waals surface area contributed by atoms with Crippen molar-refractivity contribution in [2.24, 2.45) is 4.99 Å². The molecule has 0 aliphatic heterocycles. The van der Waals surface area contributed by atoms with Gasteiger partial charge in [-0.05, 0) is 31.1 Å². The molecule has 1 saturated carbocycles. The highest BCUT2D eigenvalue weighted by Crippen LogP contribution is 2.35. The van der Waals surface area contributed by atoms with Crippen LogP contribution in [0.5, 0.6) is 0 Å².